The molecule has 0 aromatic heterocycles. The van der Waals surface area contributed by atoms with Gasteiger partial charge in [0.05, 0.1) is 13.1 Å². The van der Waals surface area contributed by atoms with Gasteiger partial charge in [-0.15, -0.1) is 0 Å². The minimum absolute atomic E-state index is 0.0365. The van der Waals surface area contributed by atoms with Crippen LogP contribution in [0.1, 0.15) is 44.9 Å². The van der Waals surface area contributed by atoms with Gasteiger partial charge in [-0.2, -0.15) is 0 Å². The number of carbonyl (C=O) groups is 2. The summed E-state index contributed by atoms with van der Waals surface area (Å²) in [5.74, 6) is 0.0155. The maximum absolute atomic E-state index is 11.9. The molecule has 0 spiro atoms. The Labute approximate surface area is 121 Å². The third kappa shape index (κ3) is 4.47. The van der Waals surface area contributed by atoms with Crippen LogP contribution in [0.3, 0.4) is 0 Å². The molecule has 1 saturated heterocycles. The van der Waals surface area contributed by atoms with Gasteiger partial charge < -0.3 is 10.2 Å². The highest BCUT2D eigenvalue weighted by Crippen LogP contribution is 2.21. The Morgan fingerprint density at radius 2 is 1.75 bits per heavy atom. The lowest BCUT2D eigenvalue weighted by atomic mass is 9.94. The molecule has 1 N–H and O–H groups in total. The molecule has 0 aromatic carbocycles. The molecule has 1 aliphatic heterocycles. The van der Waals surface area contributed by atoms with E-state index in [4.69, 9.17) is 0 Å². The second kappa shape index (κ2) is 7.62. The predicted octanol–water partition coefficient (Wildman–Crippen LogP) is 0.989. The summed E-state index contributed by atoms with van der Waals surface area (Å²) in [5, 5.41) is 2.76. The van der Waals surface area contributed by atoms with E-state index in [0.29, 0.717) is 12.6 Å². The number of rotatable bonds is 5. The number of hydrogen-bond donors (Lipinski definition) is 1. The molecule has 1 heterocycles. The molecule has 2 rings (SSSR count). The number of nitrogens with one attached hydrogen (secondary N) is 1. The average Bonchev–Trinajstić information content (AvgIpc) is 3.00. The lowest BCUT2D eigenvalue weighted by molar-refractivity contribution is -0.132. The van der Waals surface area contributed by atoms with Crippen LogP contribution in [0.25, 0.3) is 0 Å². The first-order valence-corrected chi connectivity index (χ1v) is 7.91. The van der Waals surface area contributed by atoms with Crippen molar-refractivity contribution in [3.05, 3.63) is 0 Å². The SMILES string of the molecule is CN(CC(=O)NCC(=O)N1CCCC1)C1CCCCC1. The topological polar surface area (TPSA) is 52.7 Å². The number of amides is 2. The van der Waals surface area contributed by atoms with Gasteiger partial charge in [0.2, 0.25) is 11.8 Å². The molecule has 0 atom stereocenters. The molecule has 2 amide bonds. The number of nitrogens with zero attached hydrogens (tertiary/aromatic N) is 2. The van der Waals surface area contributed by atoms with E-state index >= 15 is 0 Å². The van der Waals surface area contributed by atoms with Crippen molar-refractivity contribution in [2.75, 3.05) is 33.2 Å². The summed E-state index contributed by atoms with van der Waals surface area (Å²) in [6.45, 7) is 2.24. The van der Waals surface area contributed by atoms with E-state index in [1.807, 2.05) is 11.9 Å². The zero-order valence-electron chi connectivity index (χ0n) is 12.6. The van der Waals surface area contributed by atoms with Crippen LogP contribution in [-0.2, 0) is 9.59 Å². The minimum Gasteiger partial charge on any atom is -0.346 e. The molecular weight excluding hydrogens is 254 g/mol. The Hall–Kier alpha value is -1.10. The van der Waals surface area contributed by atoms with Crippen LogP contribution in [0, 0.1) is 0 Å². The summed E-state index contributed by atoms with van der Waals surface area (Å²) in [7, 11) is 2.01. The number of hydrogen-bond acceptors (Lipinski definition) is 3. The Bertz CT molecular complexity index is 334. The number of likely N-dealkylation sites (tertiary alicyclic amines) is 1. The van der Waals surface area contributed by atoms with E-state index < -0.39 is 0 Å². The quantitative estimate of drug-likeness (QED) is 0.817. The molecule has 0 unspecified atom stereocenters. The largest absolute Gasteiger partial charge is 0.346 e. The van der Waals surface area contributed by atoms with Gasteiger partial charge in [-0.05, 0) is 32.7 Å². The molecule has 5 nitrogen and oxygen atoms in total. The first kappa shape index (κ1) is 15.3. The van der Waals surface area contributed by atoms with Gasteiger partial charge in [0.1, 0.15) is 0 Å². The van der Waals surface area contributed by atoms with Gasteiger partial charge in [-0.25, -0.2) is 0 Å². The Morgan fingerprint density at radius 1 is 1.10 bits per heavy atom. The van der Waals surface area contributed by atoms with Crippen LogP contribution in [0.5, 0.6) is 0 Å². The molecular formula is C15H27N3O2. The molecule has 1 saturated carbocycles. The third-order valence-corrected chi connectivity index (χ3v) is 4.49. The van der Waals surface area contributed by atoms with Gasteiger partial charge in [-0.3, -0.25) is 14.5 Å². The van der Waals surface area contributed by atoms with Crippen LogP contribution in [0.4, 0.5) is 0 Å². The highest BCUT2D eigenvalue weighted by Gasteiger charge is 2.21. The number of carbonyl (C=O) groups excluding carboxylic acids is 2. The second-order valence-electron chi connectivity index (χ2n) is 6.07. The summed E-state index contributed by atoms with van der Waals surface area (Å²) in [6.07, 6.45) is 8.41. The van der Waals surface area contributed by atoms with Crippen LogP contribution in [0.2, 0.25) is 0 Å². The molecule has 0 bridgehead atoms. The van der Waals surface area contributed by atoms with E-state index in [2.05, 4.69) is 10.2 Å². The van der Waals surface area contributed by atoms with Crippen LogP contribution in [-0.4, -0.2) is 60.9 Å². The first-order chi connectivity index (χ1) is 9.66. The van der Waals surface area contributed by atoms with Crippen LogP contribution in [0.15, 0.2) is 0 Å². The van der Waals surface area contributed by atoms with E-state index in [1.165, 1.54) is 32.1 Å². The fraction of sp³-hybridized carbons (Fsp3) is 0.867. The predicted molar refractivity (Wildman–Crippen MR) is 78.3 cm³/mol. The van der Waals surface area contributed by atoms with Gasteiger partial charge in [0, 0.05) is 19.1 Å². The van der Waals surface area contributed by atoms with Gasteiger partial charge in [-0.1, -0.05) is 19.3 Å². The smallest absolute Gasteiger partial charge is 0.241 e. The van der Waals surface area contributed by atoms with E-state index in [-0.39, 0.29) is 18.4 Å². The van der Waals surface area contributed by atoms with Crippen LogP contribution < -0.4 is 5.32 Å². The molecule has 1 aliphatic carbocycles. The summed E-state index contributed by atoms with van der Waals surface area (Å²) in [6, 6.07) is 0.531. The van der Waals surface area contributed by atoms with Crippen molar-refractivity contribution < 1.29 is 9.59 Å². The monoisotopic (exact) mass is 281 g/mol. The van der Waals surface area contributed by atoms with E-state index in [0.717, 1.165) is 25.9 Å². The first-order valence-electron chi connectivity index (χ1n) is 7.91. The zero-order valence-corrected chi connectivity index (χ0v) is 12.6. The molecule has 114 valence electrons. The maximum Gasteiger partial charge on any atom is 0.241 e. The third-order valence-electron chi connectivity index (χ3n) is 4.49. The van der Waals surface area contributed by atoms with Gasteiger partial charge >= 0.3 is 0 Å². The normalized spacial score (nSPS) is 20.4. The summed E-state index contributed by atoms with van der Waals surface area (Å²) >= 11 is 0. The van der Waals surface area contributed by atoms with Crippen molar-refractivity contribution in [2.45, 2.75) is 51.0 Å². The average molecular weight is 281 g/mol. The summed E-state index contributed by atoms with van der Waals surface area (Å²) in [4.78, 5) is 27.7. The van der Waals surface area contributed by atoms with Crippen molar-refractivity contribution in [1.82, 2.24) is 15.1 Å². The highest BCUT2D eigenvalue weighted by atomic mass is 16.2. The fourth-order valence-electron chi connectivity index (χ4n) is 3.19. The molecule has 2 aliphatic rings. The molecule has 0 radical (unpaired) electrons. The van der Waals surface area contributed by atoms with Gasteiger partial charge in [0.25, 0.3) is 0 Å². The molecule has 5 heteroatoms. The molecule has 0 aromatic rings. The van der Waals surface area contributed by atoms with Crippen molar-refractivity contribution in [3.63, 3.8) is 0 Å². The fourth-order valence-corrected chi connectivity index (χ4v) is 3.19. The van der Waals surface area contributed by atoms with Gasteiger partial charge in [0.15, 0.2) is 0 Å². The van der Waals surface area contributed by atoms with Crippen LogP contribution >= 0.6 is 0 Å². The highest BCUT2D eigenvalue weighted by molar-refractivity contribution is 5.85. The van der Waals surface area contributed by atoms with E-state index in [9.17, 15) is 9.59 Å². The number of likely N-dealkylation sites (N-methyl/N-ethyl adjacent to an activating group) is 1. The van der Waals surface area contributed by atoms with Crippen molar-refractivity contribution in [3.8, 4) is 0 Å². The molecule has 20 heavy (non-hydrogen) atoms. The van der Waals surface area contributed by atoms with Crippen molar-refractivity contribution in [2.24, 2.45) is 0 Å². The molecule has 2 fully saturated rings. The Morgan fingerprint density at radius 3 is 2.40 bits per heavy atom. The van der Waals surface area contributed by atoms with Crippen molar-refractivity contribution >= 4 is 11.8 Å². The second-order valence-corrected chi connectivity index (χ2v) is 6.07. The summed E-state index contributed by atoms with van der Waals surface area (Å²) in [5.41, 5.74) is 0. The zero-order chi connectivity index (χ0) is 14.4. The Kier molecular flexibility index (Phi) is 5.83. The maximum atomic E-state index is 11.9. The minimum atomic E-state index is -0.0365. The lowest BCUT2D eigenvalue weighted by Crippen LogP contribution is -2.44. The van der Waals surface area contributed by atoms with E-state index in [1.54, 1.807) is 0 Å². The van der Waals surface area contributed by atoms with Crippen molar-refractivity contribution in [1.29, 1.82) is 0 Å². The lowest BCUT2D eigenvalue weighted by Gasteiger charge is -2.30. The Balaban J connectivity index is 1.65. The standard InChI is InChI=1S/C15H27N3O2/c1-17(13-7-3-2-4-8-13)12-14(19)16-11-15(20)18-9-5-6-10-18/h13H,2-12H2,1H3,(H,16,19). The summed E-state index contributed by atoms with van der Waals surface area (Å²) < 4.78 is 0.